The van der Waals surface area contributed by atoms with Gasteiger partial charge in [0.25, 0.3) is 0 Å². The van der Waals surface area contributed by atoms with Crippen molar-refractivity contribution in [2.75, 3.05) is 37.9 Å². The van der Waals surface area contributed by atoms with Crippen LogP contribution in [0.3, 0.4) is 0 Å². The monoisotopic (exact) mass is 424 g/mol. The Hall–Kier alpha value is -2.81. The highest BCUT2D eigenvalue weighted by molar-refractivity contribution is 7.92. The number of benzene rings is 2. The molecule has 0 heterocycles. The third kappa shape index (κ3) is 6.63. The van der Waals surface area contributed by atoms with Gasteiger partial charge < -0.3 is 14.8 Å². The molecule has 0 radical (unpaired) electrons. The van der Waals surface area contributed by atoms with E-state index in [4.69, 9.17) is 9.47 Å². The van der Waals surface area contributed by atoms with Crippen LogP contribution in [0.1, 0.15) is 12.0 Å². The van der Waals surface area contributed by atoms with Gasteiger partial charge in [0, 0.05) is 12.6 Å². The van der Waals surface area contributed by atoms with E-state index >= 15 is 0 Å². The number of amides is 1. The summed E-state index contributed by atoms with van der Waals surface area (Å²) in [5, 5.41) is 2.71. The summed E-state index contributed by atoms with van der Waals surface area (Å²) in [4.78, 5) is 12.3. The molecule has 0 fully saturated rings. The topological polar surface area (TPSA) is 84.9 Å². The van der Waals surface area contributed by atoms with Crippen molar-refractivity contribution in [1.29, 1.82) is 0 Å². The van der Waals surface area contributed by atoms with Crippen LogP contribution in [0.4, 0.5) is 10.1 Å². The summed E-state index contributed by atoms with van der Waals surface area (Å²) in [5.74, 6) is 0.00443. The zero-order valence-corrected chi connectivity index (χ0v) is 17.5. The summed E-state index contributed by atoms with van der Waals surface area (Å²) in [6.07, 6.45) is 2.33. The number of halogens is 1. The fourth-order valence-corrected chi connectivity index (χ4v) is 3.58. The number of anilines is 1. The lowest BCUT2D eigenvalue weighted by atomic mass is 10.1. The van der Waals surface area contributed by atoms with Gasteiger partial charge in [0.05, 0.1) is 26.2 Å². The van der Waals surface area contributed by atoms with Crippen molar-refractivity contribution >= 4 is 21.6 Å². The van der Waals surface area contributed by atoms with E-state index in [2.05, 4.69) is 5.32 Å². The zero-order chi connectivity index (χ0) is 21.4. The molecule has 2 rings (SSSR count). The lowest BCUT2D eigenvalue weighted by Gasteiger charge is -2.24. The van der Waals surface area contributed by atoms with Crippen molar-refractivity contribution in [1.82, 2.24) is 5.32 Å². The Morgan fingerprint density at radius 3 is 2.38 bits per heavy atom. The van der Waals surface area contributed by atoms with Gasteiger partial charge in [0.2, 0.25) is 15.9 Å². The maximum absolute atomic E-state index is 12.9. The number of carbonyl (C=O) groups excluding carboxylic acids is 1. The predicted octanol–water partition coefficient (Wildman–Crippen LogP) is 2.36. The van der Waals surface area contributed by atoms with Gasteiger partial charge in [0.15, 0.2) is 0 Å². The van der Waals surface area contributed by atoms with Crippen LogP contribution >= 0.6 is 0 Å². The Morgan fingerprint density at radius 1 is 1.10 bits per heavy atom. The first-order chi connectivity index (χ1) is 13.7. The normalized spacial score (nSPS) is 11.0. The molecule has 2 aromatic carbocycles. The molecule has 0 atom stereocenters. The largest absolute Gasteiger partial charge is 0.497 e. The lowest BCUT2D eigenvalue weighted by molar-refractivity contribution is -0.119. The van der Waals surface area contributed by atoms with Crippen LogP contribution < -0.4 is 19.1 Å². The molecule has 29 heavy (non-hydrogen) atoms. The lowest BCUT2D eigenvalue weighted by Crippen LogP contribution is -2.40. The summed E-state index contributed by atoms with van der Waals surface area (Å²) < 4.78 is 48.9. The molecule has 0 aliphatic carbocycles. The van der Waals surface area contributed by atoms with Gasteiger partial charge >= 0.3 is 0 Å². The molecule has 0 unspecified atom stereocenters. The number of sulfonamides is 1. The molecular formula is C20H25FN2O5S. The molecule has 9 heteroatoms. The number of carbonyl (C=O) groups is 1. The molecule has 0 saturated carbocycles. The number of hydrogen-bond acceptors (Lipinski definition) is 5. The van der Waals surface area contributed by atoms with Crippen LogP contribution in [-0.4, -0.2) is 47.9 Å². The van der Waals surface area contributed by atoms with Gasteiger partial charge in [-0.25, -0.2) is 12.8 Å². The summed E-state index contributed by atoms with van der Waals surface area (Å²) in [5.41, 5.74) is 1.18. The first kappa shape index (κ1) is 22.5. The van der Waals surface area contributed by atoms with Crippen molar-refractivity contribution in [3.05, 3.63) is 53.8 Å². The minimum atomic E-state index is -3.75. The molecule has 2 aromatic rings. The second-order valence-electron chi connectivity index (χ2n) is 6.39. The SMILES string of the molecule is COc1ccc(OC)c(N(CC(=O)NCCCc2ccc(F)cc2)S(C)(=O)=O)c1. The summed E-state index contributed by atoms with van der Waals surface area (Å²) in [6, 6.07) is 10.9. The Labute approximate surface area is 170 Å². The molecule has 0 aliphatic heterocycles. The second kappa shape index (κ2) is 10.1. The third-order valence-electron chi connectivity index (χ3n) is 4.22. The highest BCUT2D eigenvalue weighted by Crippen LogP contribution is 2.33. The van der Waals surface area contributed by atoms with E-state index in [0.29, 0.717) is 30.9 Å². The van der Waals surface area contributed by atoms with Crippen molar-refractivity contribution < 1.29 is 27.1 Å². The smallest absolute Gasteiger partial charge is 0.240 e. The number of hydrogen-bond donors (Lipinski definition) is 1. The fraction of sp³-hybridized carbons (Fsp3) is 0.350. The minimum Gasteiger partial charge on any atom is -0.497 e. The molecule has 0 aliphatic rings. The number of methoxy groups -OCH3 is 2. The van der Waals surface area contributed by atoms with Gasteiger partial charge in [-0.1, -0.05) is 12.1 Å². The van der Waals surface area contributed by atoms with E-state index < -0.39 is 15.9 Å². The summed E-state index contributed by atoms with van der Waals surface area (Å²) in [6.45, 7) is -0.0258. The highest BCUT2D eigenvalue weighted by atomic mass is 32.2. The molecule has 158 valence electrons. The number of nitrogens with one attached hydrogen (secondary N) is 1. The molecule has 1 amide bonds. The van der Waals surface area contributed by atoms with Crippen LogP contribution in [-0.2, 0) is 21.2 Å². The van der Waals surface area contributed by atoms with Crippen LogP contribution in [0.15, 0.2) is 42.5 Å². The summed E-state index contributed by atoms with van der Waals surface area (Å²) in [7, 11) is -0.866. The number of rotatable bonds is 10. The van der Waals surface area contributed by atoms with Crippen molar-refractivity contribution in [2.45, 2.75) is 12.8 Å². The molecule has 0 spiro atoms. The van der Waals surface area contributed by atoms with E-state index in [1.165, 1.54) is 32.4 Å². The average molecular weight is 424 g/mol. The van der Waals surface area contributed by atoms with Gasteiger partial charge in [0.1, 0.15) is 23.9 Å². The van der Waals surface area contributed by atoms with Crippen LogP contribution in [0.25, 0.3) is 0 Å². The number of ether oxygens (including phenoxy) is 2. The first-order valence-corrected chi connectivity index (χ1v) is 10.8. The number of aryl methyl sites for hydroxylation is 1. The second-order valence-corrected chi connectivity index (χ2v) is 8.29. The van der Waals surface area contributed by atoms with Crippen LogP contribution in [0, 0.1) is 5.82 Å². The number of nitrogens with zero attached hydrogens (tertiary/aromatic N) is 1. The molecule has 0 saturated heterocycles. The summed E-state index contributed by atoms with van der Waals surface area (Å²) >= 11 is 0. The van der Waals surface area contributed by atoms with Crippen LogP contribution in [0.2, 0.25) is 0 Å². The maximum atomic E-state index is 12.9. The minimum absolute atomic E-state index is 0.218. The first-order valence-electron chi connectivity index (χ1n) is 8.95. The molecule has 7 nitrogen and oxygen atoms in total. The van der Waals surface area contributed by atoms with Crippen molar-refractivity contribution in [3.8, 4) is 11.5 Å². The Bertz CT molecular complexity index is 932. The third-order valence-corrected chi connectivity index (χ3v) is 5.35. The average Bonchev–Trinajstić information content (AvgIpc) is 2.69. The standard InChI is InChI=1S/C20H25FN2O5S/c1-27-17-10-11-19(28-2)18(13-17)23(29(3,25)26)14-20(24)22-12-4-5-15-6-8-16(21)9-7-15/h6-11,13H,4-5,12,14H2,1-3H3,(H,22,24). The van der Waals surface area contributed by atoms with E-state index in [9.17, 15) is 17.6 Å². The van der Waals surface area contributed by atoms with Crippen molar-refractivity contribution in [3.63, 3.8) is 0 Å². The molecule has 0 aromatic heterocycles. The van der Waals surface area contributed by atoms with E-state index in [1.54, 1.807) is 24.3 Å². The van der Waals surface area contributed by atoms with E-state index in [1.807, 2.05) is 0 Å². The predicted molar refractivity (Wildman–Crippen MR) is 109 cm³/mol. The highest BCUT2D eigenvalue weighted by Gasteiger charge is 2.24. The fourth-order valence-electron chi connectivity index (χ4n) is 2.73. The zero-order valence-electron chi connectivity index (χ0n) is 16.6. The van der Waals surface area contributed by atoms with Gasteiger partial charge in [-0.2, -0.15) is 0 Å². The van der Waals surface area contributed by atoms with Crippen LogP contribution in [0.5, 0.6) is 11.5 Å². The molecule has 0 bridgehead atoms. The Kier molecular flexibility index (Phi) is 7.83. The van der Waals surface area contributed by atoms with Crippen molar-refractivity contribution in [2.24, 2.45) is 0 Å². The molecular weight excluding hydrogens is 399 g/mol. The maximum Gasteiger partial charge on any atom is 0.240 e. The Balaban J connectivity index is 2.01. The van der Waals surface area contributed by atoms with E-state index in [0.717, 1.165) is 16.1 Å². The van der Waals surface area contributed by atoms with Gasteiger partial charge in [-0.3, -0.25) is 9.10 Å². The van der Waals surface area contributed by atoms with Gasteiger partial charge in [-0.05, 0) is 42.7 Å². The Morgan fingerprint density at radius 2 is 1.79 bits per heavy atom. The molecule has 1 N–H and O–H groups in total. The quantitative estimate of drug-likeness (QED) is 0.592. The van der Waals surface area contributed by atoms with E-state index in [-0.39, 0.29) is 18.0 Å². The van der Waals surface area contributed by atoms with Gasteiger partial charge in [-0.15, -0.1) is 0 Å².